The Kier molecular flexibility index (Phi) is 8.66. The molecule has 20 heavy (non-hydrogen) atoms. The maximum Gasteiger partial charge on any atom is 0.225 e. The van der Waals surface area contributed by atoms with E-state index >= 15 is 0 Å². The molecule has 0 saturated carbocycles. The molecule has 0 bridgehead atoms. The molecule has 0 radical (unpaired) electrons. The van der Waals surface area contributed by atoms with Gasteiger partial charge in [-0.1, -0.05) is 42.4 Å². The summed E-state index contributed by atoms with van der Waals surface area (Å²) in [5.41, 5.74) is -0.491. The number of rotatable bonds is 7. The van der Waals surface area contributed by atoms with E-state index in [1.165, 1.54) is 0 Å². The molecule has 0 fully saturated rings. The van der Waals surface area contributed by atoms with Crippen molar-refractivity contribution >= 4 is 33.4 Å². The first-order valence-electron chi connectivity index (χ1n) is 6.86. The van der Waals surface area contributed by atoms with Gasteiger partial charge in [-0.25, -0.2) is 0 Å². The first kappa shape index (κ1) is 19.6. The monoisotopic (exact) mass is 320 g/mol. The van der Waals surface area contributed by atoms with E-state index in [1.54, 1.807) is 21.6 Å². The predicted molar refractivity (Wildman–Crippen MR) is 89.9 cm³/mol. The van der Waals surface area contributed by atoms with Crippen molar-refractivity contribution in [2.45, 2.75) is 53.5 Å². The molecule has 2 amide bonds. The van der Waals surface area contributed by atoms with Gasteiger partial charge >= 0.3 is 0 Å². The van der Waals surface area contributed by atoms with E-state index in [1.807, 2.05) is 41.5 Å². The van der Waals surface area contributed by atoms with Gasteiger partial charge in [0.15, 0.2) is 0 Å². The highest BCUT2D eigenvalue weighted by atomic mass is 33.1. The van der Waals surface area contributed by atoms with Gasteiger partial charge in [-0.15, -0.1) is 0 Å². The largest absolute Gasteiger partial charge is 0.355 e. The van der Waals surface area contributed by atoms with Gasteiger partial charge in [0.1, 0.15) is 0 Å². The van der Waals surface area contributed by atoms with Crippen LogP contribution in [-0.2, 0) is 9.59 Å². The molecule has 0 spiro atoms. The summed E-state index contributed by atoms with van der Waals surface area (Å²) in [4.78, 5) is 23.2. The highest BCUT2D eigenvalue weighted by Crippen LogP contribution is 2.21. The molecule has 4 nitrogen and oxygen atoms in total. The molecule has 0 rings (SSSR count). The lowest BCUT2D eigenvalue weighted by Crippen LogP contribution is -2.40. The first-order valence-corrected chi connectivity index (χ1v) is 9.35. The summed E-state index contributed by atoms with van der Waals surface area (Å²) in [6.45, 7) is 12.3. The van der Waals surface area contributed by atoms with Crippen molar-refractivity contribution < 1.29 is 9.59 Å². The van der Waals surface area contributed by atoms with Crippen LogP contribution in [0.25, 0.3) is 0 Å². The Labute approximate surface area is 131 Å². The van der Waals surface area contributed by atoms with Gasteiger partial charge in [0, 0.05) is 35.4 Å². The van der Waals surface area contributed by atoms with Gasteiger partial charge in [-0.3, -0.25) is 9.59 Å². The van der Waals surface area contributed by atoms with E-state index in [2.05, 4.69) is 10.6 Å². The SMILES string of the molecule is CC(C)(C)NC(=O)CCSSCCNC(=O)C(C)(C)C. The molecule has 0 saturated heterocycles. The molecule has 0 atom stereocenters. The Morgan fingerprint density at radius 3 is 2.00 bits per heavy atom. The van der Waals surface area contributed by atoms with E-state index in [-0.39, 0.29) is 22.8 Å². The van der Waals surface area contributed by atoms with Crippen LogP contribution in [0.4, 0.5) is 0 Å². The molecule has 0 aromatic rings. The topological polar surface area (TPSA) is 58.2 Å². The normalized spacial score (nSPS) is 12.1. The van der Waals surface area contributed by atoms with Crippen molar-refractivity contribution in [3.05, 3.63) is 0 Å². The third-order valence-electron chi connectivity index (χ3n) is 2.16. The number of carbonyl (C=O) groups is 2. The maximum absolute atomic E-state index is 11.6. The molecular formula is C14H28N2O2S2. The number of carbonyl (C=O) groups excluding carboxylic acids is 2. The van der Waals surface area contributed by atoms with Crippen LogP contribution in [0, 0.1) is 5.41 Å². The standard InChI is InChI=1S/C14H28N2O2S2/c1-13(2,3)12(18)15-8-10-20-19-9-7-11(17)16-14(4,5)6/h7-10H2,1-6H3,(H,15,18)(H,16,17). The molecule has 0 unspecified atom stereocenters. The lowest BCUT2D eigenvalue weighted by molar-refractivity contribution is -0.128. The number of hydrogen-bond donors (Lipinski definition) is 2. The summed E-state index contributed by atoms with van der Waals surface area (Å²) < 4.78 is 0. The Bertz CT molecular complexity index is 320. The van der Waals surface area contributed by atoms with Crippen LogP contribution >= 0.6 is 21.6 Å². The summed E-state index contributed by atoms with van der Waals surface area (Å²) in [6, 6.07) is 0. The van der Waals surface area contributed by atoms with Crippen LogP contribution in [-0.4, -0.2) is 35.4 Å². The number of amides is 2. The number of hydrogen-bond acceptors (Lipinski definition) is 4. The second kappa shape index (κ2) is 8.82. The van der Waals surface area contributed by atoms with Crippen LogP contribution in [0.1, 0.15) is 48.0 Å². The summed E-state index contributed by atoms with van der Waals surface area (Å²) >= 11 is 0. The zero-order valence-electron chi connectivity index (χ0n) is 13.5. The lowest BCUT2D eigenvalue weighted by atomic mass is 9.96. The molecule has 0 heterocycles. The molecular weight excluding hydrogens is 292 g/mol. The Balaban J connectivity index is 3.51. The fourth-order valence-electron chi connectivity index (χ4n) is 1.20. The third kappa shape index (κ3) is 11.5. The van der Waals surface area contributed by atoms with Gasteiger partial charge in [-0.05, 0) is 20.8 Å². The van der Waals surface area contributed by atoms with Crippen molar-refractivity contribution in [3.63, 3.8) is 0 Å². The lowest BCUT2D eigenvalue weighted by Gasteiger charge is -2.20. The minimum atomic E-state index is -0.331. The molecule has 118 valence electrons. The van der Waals surface area contributed by atoms with Crippen LogP contribution in [0.2, 0.25) is 0 Å². The second-order valence-electron chi connectivity index (χ2n) is 6.70. The van der Waals surface area contributed by atoms with E-state index < -0.39 is 0 Å². The van der Waals surface area contributed by atoms with E-state index in [9.17, 15) is 9.59 Å². The van der Waals surface area contributed by atoms with Gasteiger partial charge in [0.2, 0.25) is 11.8 Å². The van der Waals surface area contributed by atoms with Gasteiger partial charge < -0.3 is 10.6 Å². The predicted octanol–water partition coefficient (Wildman–Crippen LogP) is 2.83. The van der Waals surface area contributed by atoms with E-state index in [4.69, 9.17) is 0 Å². The van der Waals surface area contributed by atoms with Crippen molar-refractivity contribution in [1.29, 1.82) is 0 Å². The Morgan fingerprint density at radius 2 is 1.50 bits per heavy atom. The fraction of sp³-hybridized carbons (Fsp3) is 0.857. The molecule has 0 aliphatic heterocycles. The average molecular weight is 321 g/mol. The van der Waals surface area contributed by atoms with E-state index in [0.717, 1.165) is 11.5 Å². The second-order valence-corrected chi connectivity index (χ2v) is 9.40. The maximum atomic E-state index is 11.6. The van der Waals surface area contributed by atoms with Crippen LogP contribution in [0.5, 0.6) is 0 Å². The highest BCUT2D eigenvalue weighted by molar-refractivity contribution is 8.76. The van der Waals surface area contributed by atoms with Crippen molar-refractivity contribution in [2.24, 2.45) is 5.41 Å². The molecule has 0 aromatic heterocycles. The molecule has 0 aliphatic carbocycles. The smallest absolute Gasteiger partial charge is 0.225 e. The summed E-state index contributed by atoms with van der Waals surface area (Å²) in [6.07, 6.45) is 0.531. The molecule has 0 aromatic carbocycles. The first-order chi connectivity index (χ1) is 9.02. The van der Waals surface area contributed by atoms with E-state index in [0.29, 0.717) is 13.0 Å². The van der Waals surface area contributed by atoms with Gasteiger partial charge in [0.05, 0.1) is 0 Å². The van der Waals surface area contributed by atoms with Crippen molar-refractivity contribution in [1.82, 2.24) is 10.6 Å². The minimum absolute atomic E-state index is 0.0765. The Morgan fingerprint density at radius 1 is 0.950 bits per heavy atom. The fourth-order valence-corrected chi connectivity index (χ4v) is 3.10. The molecule has 6 heteroatoms. The summed E-state index contributed by atoms with van der Waals surface area (Å²) in [5.74, 6) is 1.81. The highest BCUT2D eigenvalue weighted by Gasteiger charge is 2.20. The van der Waals surface area contributed by atoms with Crippen molar-refractivity contribution in [2.75, 3.05) is 18.1 Å². The van der Waals surface area contributed by atoms with Crippen molar-refractivity contribution in [3.8, 4) is 0 Å². The molecule has 0 aliphatic rings. The third-order valence-corrected chi connectivity index (χ3v) is 4.57. The van der Waals surface area contributed by atoms with Crippen LogP contribution in [0.3, 0.4) is 0 Å². The van der Waals surface area contributed by atoms with Crippen LogP contribution < -0.4 is 10.6 Å². The summed E-state index contributed by atoms with van der Waals surface area (Å²) in [7, 11) is 3.36. The quantitative estimate of drug-likeness (QED) is 0.559. The number of nitrogens with one attached hydrogen (secondary N) is 2. The Hall–Kier alpha value is -0.360. The van der Waals surface area contributed by atoms with Gasteiger partial charge in [0.25, 0.3) is 0 Å². The zero-order valence-corrected chi connectivity index (χ0v) is 15.1. The van der Waals surface area contributed by atoms with Crippen LogP contribution in [0.15, 0.2) is 0 Å². The van der Waals surface area contributed by atoms with Gasteiger partial charge in [-0.2, -0.15) is 0 Å². The minimum Gasteiger partial charge on any atom is -0.355 e. The zero-order chi connectivity index (χ0) is 15.8. The summed E-state index contributed by atoms with van der Waals surface area (Å²) in [5, 5.41) is 5.84. The average Bonchev–Trinajstić information content (AvgIpc) is 2.23. The molecule has 2 N–H and O–H groups in total.